The van der Waals surface area contributed by atoms with Crippen molar-refractivity contribution in [1.29, 1.82) is 0 Å². The molecule has 0 amide bonds. The van der Waals surface area contributed by atoms with Crippen LogP contribution in [0.5, 0.6) is 0 Å². The van der Waals surface area contributed by atoms with Gasteiger partial charge in [-0.15, -0.1) is 0 Å². The fraction of sp³-hybridized carbons (Fsp3) is 0.917. The SMILES string of the molecule is CCC(CC(C)C1CCCC1)C(=O)O. The van der Waals surface area contributed by atoms with E-state index in [4.69, 9.17) is 5.11 Å². The second kappa shape index (κ2) is 5.38. The lowest BCUT2D eigenvalue weighted by atomic mass is 9.84. The Hall–Kier alpha value is -0.530. The number of rotatable bonds is 5. The monoisotopic (exact) mass is 198 g/mol. The van der Waals surface area contributed by atoms with Crippen LogP contribution < -0.4 is 0 Å². The molecule has 82 valence electrons. The van der Waals surface area contributed by atoms with Gasteiger partial charge in [-0.1, -0.05) is 39.5 Å². The molecule has 1 aliphatic carbocycles. The van der Waals surface area contributed by atoms with Crippen molar-refractivity contribution in [3.05, 3.63) is 0 Å². The summed E-state index contributed by atoms with van der Waals surface area (Å²) in [5, 5.41) is 8.96. The first-order valence-corrected chi connectivity index (χ1v) is 5.88. The Kier molecular flexibility index (Phi) is 4.43. The highest BCUT2D eigenvalue weighted by Crippen LogP contribution is 2.34. The van der Waals surface area contributed by atoms with Crippen LogP contribution in [0.15, 0.2) is 0 Å². The Balaban J connectivity index is 2.37. The first kappa shape index (κ1) is 11.5. The molecule has 0 aromatic rings. The molecule has 2 atom stereocenters. The molecular weight excluding hydrogens is 176 g/mol. The van der Waals surface area contributed by atoms with E-state index in [2.05, 4.69) is 6.92 Å². The maximum atomic E-state index is 10.9. The molecule has 0 spiro atoms. The molecule has 1 saturated carbocycles. The van der Waals surface area contributed by atoms with Crippen LogP contribution in [0.1, 0.15) is 52.4 Å². The van der Waals surface area contributed by atoms with Gasteiger partial charge in [0.05, 0.1) is 5.92 Å². The van der Waals surface area contributed by atoms with Gasteiger partial charge in [-0.2, -0.15) is 0 Å². The normalized spacial score (nSPS) is 22.1. The Labute approximate surface area is 86.7 Å². The number of aliphatic carboxylic acids is 1. The fourth-order valence-corrected chi connectivity index (χ4v) is 2.61. The van der Waals surface area contributed by atoms with Crippen molar-refractivity contribution < 1.29 is 9.90 Å². The zero-order valence-corrected chi connectivity index (χ0v) is 9.33. The van der Waals surface area contributed by atoms with E-state index < -0.39 is 5.97 Å². The number of hydrogen-bond acceptors (Lipinski definition) is 1. The second-order valence-corrected chi connectivity index (χ2v) is 4.70. The Morgan fingerprint density at radius 3 is 2.43 bits per heavy atom. The molecule has 0 bridgehead atoms. The third kappa shape index (κ3) is 3.00. The number of carboxylic acids is 1. The van der Waals surface area contributed by atoms with Gasteiger partial charge in [-0.3, -0.25) is 4.79 Å². The molecular formula is C12H22O2. The van der Waals surface area contributed by atoms with Crippen molar-refractivity contribution in [2.75, 3.05) is 0 Å². The van der Waals surface area contributed by atoms with E-state index in [1.54, 1.807) is 0 Å². The molecule has 1 rings (SSSR count). The summed E-state index contributed by atoms with van der Waals surface area (Å²) < 4.78 is 0. The van der Waals surface area contributed by atoms with Crippen molar-refractivity contribution in [2.24, 2.45) is 17.8 Å². The molecule has 1 N–H and O–H groups in total. The van der Waals surface area contributed by atoms with Crippen LogP contribution in [0.2, 0.25) is 0 Å². The van der Waals surface area contributed by atoms with Gasteiger partial charge in [-0.05, 0) is 24.7 Å². The summed E-state index contributed by atoms with van der Waals surface area (Å²) in [6.07, 6.45) is 6.97. The van der Waals surface area contributed by atoms with Crippen LogP contribution in [-0.2, 0) is 4.79 Å². The molecule has 1 fully saturated rings. The van der Waals surface area contributed by atoms with Crippen molar-refractivity contribution in [2.45, 2.75) is 52.4 Å². The summed E-state index contributed by atoms with van der Waals surface area (Å²) in [5.74, 6) is 0.657. The predicted molar refractivity (Wildman–Crippen MR) is 57.2 cm³/mol. The molecule has 0 aliphatic heterocycles. The second-order valence-electron chi connectivity index (χ2n) is 4.70. The molecule has 2 nitrogen and oxygen atoms in total. The summed E-state index contributed by atoms with van der Waals surface area (Å²) in [7, 11) is 0. The van der Waals surface area contributed by atoms with Gasteiger partial charge in [0.25, 0.3) is 0 Å². The van der Waals surface area contributed by atoms with Crippen LogP contribution in [0.4, 0.5) is 0 Å². The maximum Gasteiger partial charge on any atom is 0.306 e. The molecule has 0 aromatic heterocycles. The van der Waals surface area contributed by atoms with Gasteiger partial charge in [0.1, 0.15) is 0 Å². The predicted octanol–water partition coefficient (Wildman–Crippen LogP) is 3.31. The van der Waals surface area contributed by atoms with Crippen molar-refractivity contribution in [1.82, 2.24) is 0 Å². The first-order valence-electron chi connectivity index (χ1n) is 5.88. The highest BCUT2D eigenvalue weighted by Gasteiger charge is 2.26. The van der Waals surface area contributed by atoms with Crippen molar-refractivity contribution in [3.63, 3.8) is 0 Å². The van der Waals surface area contributed by atoms with Crippen LogP contribution in [0.25, 0.3) is 0 Å². The minimum absolute atomic E-state index is 0.120. The molecule has 0 heterocycles. The maximum absolute atomic E-state index is 10.9. The first-order chi connectivity index (χ1) is 6.65. The van der Waals surface area contributed by atoms with E-state index in [1.165, 1.54) is 25.7 Å². The van der Waals surface area contributed by atoms with Crippen molar-refractivity contribution in [3.8, 4) is 0 Å². The molecule has 1 aliphatic rings. The number of carbonyl (C=O) groups is 1. The van der Waals surface area contributed by atoms with E-state index in [9.17, 15) is 4.79 Å². The Bertz CT molecular complexity index is 183. The highest BCUT2D eigenvalue weighted by molar-refractivity contribution is 5.69. The average Bonchev–Trinajstić information content (AvgIpc) is 2.65. The summed E-state index contributed by atoms with van der Waals surface area (Å²) in [6, 6.07) is 0. The average molecular weight is 198 g/mol. The van der Waals surface area contributed by atoms with E-state index >= 15 is 0 Å². The van der Waals surface area contributed by atoms with E-state index in [0.29, 0.717) is 5.92 Å². The summed E-state index contributed by atoms with van der Waals surface area (Å²) in [5.41, 5.74) is 0. The molecule has 14 heavy (non-hydrogen) atoms. The van der Waals surface area contributed by atoms with E-state index in [1.807, 2.05) is 6.92 Å². The third-order valence-corrected chi connectivity index (χ3v) is 3.70. The van der Waals surface area contributed by atoms with Gasteiger partial charge >= 0.3 is 5.97 Å². The zero-order valence-electron chi connectivity index (χ0n) is 9.33. The molecule has 2 heteroatoms. The number of carboxylic acid groups (broad SMARTS) is 1. The van der Waals surface area contributed by atoms with Gasteiger partial charge in [0, 0.05) is 0 Å². The summed E-state index contributed by atoms with van der Waals surface area (Å²) in [4.78, 5) is 10.9. The number of hydrogen-bond donors (Lipinski definition) is 1. The van der Waals surface area contributed by atoms with Gasteiger partial charge < -0.3 is 5.11 Å². The molecule has 0 radical (unpaired) electrons. The van der Waals surface area contributed by atoms with Crippen LogP contribution in [0.3, 0.4) is 0 Å². The lowest BCUT2D eigenvalue weighted by molar-refractivity contribution is -0.142. The molecule has 2 unspecified atom stereocenters. The molecule has 0 saturated heterocycles. The van der Waals surface area contributed by atoms with Gasteiger partial charge in [0.2, 0.25) is 0 Å². The lowest BCUT2D eigenvalue weighted by Crippen LogP contribution is -2.19. The van der Waals surface area contributed by atoms with Crippen molar-refractivity contribution >= 4 is 5.97 Å². The fourth-order valence-electron chi connectivity index (χ4n) is 2.61. The van der Waals surface area contributed by atoms with Crippen LogP contribution in [-0.4, -0.2) is 11.1 Å². The minimum Gasteiger partial charge on any atom is -0.481 e. The minimum atomic E-state index is -0.614. The topological polar surface area (TPSA) is 37.3 Å². The molecule has 0 aromatic carbocycles. The largest absolute Gasteiger partial charge is 0.481 e. The van der Waals surface area contributed by atoms with Gasteiger partial charge in [-0.25, -0.2) is 0 Å². The third-order valence-electron chi connectivity index (χ3n) is 3.70. The summed E-state index contributed by atoms with van der Waals surface area (Å²) in [6.45, 7) is 4.20. The highest BCUT2D eigenvalue weighted by atomic mass is 16.4. The zero-order chi connectivity index (χ0) is 10.6. The van der Waals surface area contributed by atoms with Crippen LogP contribution in [0, 0.1) is 17.8 Å². The van der Waals surface area contributed by atoms with Gasteiger partial charge in [0.15, 0.2) is 0 Å². The Morgan fingerprint density at radius 2 is 2.00 bits per heavy atom. The van der Waals surface area contributed by atoms with E-state index in [-0.39, 0.29) is 5.92 Å². The summed E-state index contributed by atoms with van der Waals surface area (Å²) >= 11 is 0. The van der Waals surface area contributed by atoms with Crippen LogP contribution >= 0.6 is 0 Å². The Morgan fingerprint density at radius 1 is 1.43 bits per heavy atom. The smallest absolute Gasteiger partial charge is 0.306 e. The standard InChI is InChI=1S/C12H22O2/c1-3-10(12(13)14)8-9(2)11-6-4-5-7-11/h9-11H,3-8H2,1-2H3,(H,13,14). The quantitative estimate of drug-likeness (QED) is 0.735. The lowest BCUT2D eigenvalue weighted by Gasteiger charge is -2.21. The van der Waals surface area contributed by atoms with E-state index in [0.717, 1.165) is 18.8 Å².